The van der Waals surface area contributed by atoms with Crippen molar-refractivity contribution in [2.75, 3.05) is 12.4 Å². The second kappa shape index (κ2) is 8.47. The van der Waals surface area contributed by atoms with Crippen molar-refractivity contribution in [1.82, 2.24) is 4.98 Å². The largest absolute Gasteiger partial charge is 0.457 e. The molecule has 138 valence electrons. The first-order valence-corrected chi connectivity index (χ1v) is 8.67. The Kier molecular flexibility index (Phi) is 5.84. The van der Waals surface area contributed by atoms with Crippen molar-refractivity contribution in [1.29, 1.82) is 0 Å². The van der Waals surface area contributed by atoms with E-state index in [1.807, 2.05) is 62.4 Å². The Hall–Kier alpha value is -3.18. The molecule has 0 saturated carbocycles. The number of carbonyl (C=O) groups is 1. The number of carbonyl (C=O) groups excluding carboxylic acids is 1. The van der Waals surface area contributed by atoms with Crippen molar-refractivity contribution in [3.8, 4) is 11.5 Å². The average Bonchev–Trinajstić information content (AvgIpc) is 2.65. The second-order valence-electron chi connectivity index (χ2n) is 6.21. The van der Waals surface area contributed by atoms with Crippen LogP contribution in [0.15, 0.2) is 60.7 Å². The van der Waals surface area contributed by atoms with Crippen molar-refractivity contribution in [3.05, 3.63) is 83.2 Å². The number of para-hydroxylation sites is 1. The summed E-state index contributed by atoms with van der Waals surface area (Å²) in [5, 5.41) is 2.89. The molecule has 0 aliphatic heterocycles. The molecule has 3 aromatic rings. The smallest absolute Gasteiger partial charge is 0.257 e. The highest BCUT2D eigenvalue weighted by atomic mass is 16.5. The van der Waals surface area contributed by atoms with E-state index >= 15 is 0 Å². The van der Waals surface area contributed by atoms with Crippen LogP contribution in [0, 0.1) is 13.8 Å². The zero-order valence-corrected chi connectivity index (χ0v) is 15.7. The van der Waals surface area contributed by atoms with E-state index in [0.717, 1.165) is 17.0 Å². The van der Waals surface area contributed by atoms with Crippen LogP contribution in [-0.4, -0.2) is 18.0 Å². The summed E-state index contributed by atoms with van der Waals surface area (Å²) in [6.07, 6.45) is 0. The van der Waals surface area contributed by atoms with Crippen LogP contribution < -0.4 is 10.1 Å². The number of anilines is 1. The van der Waals surface area contributed by atoms with Gasteiger partial charge in [-0.3, -0.25) is 9.78 Å². The van der Waals surface area contributed by atoms with E-state index in [9.17, 15) is 4.79 Å². The van der Waals surface area contributed by atoms with Crippen molar-refractivity contribution in [3.63, 3.8) is 0 Å². The number of hydrogen-bond acceptors (Lipinski definition) is 4. The molecule has 0 aliphatic carbocycles. The Balaban J connectivity index is 1.67. The normalized spacial score (nSPS) is 10.5. The molecular formula is C22H22N2O3. The lowest BCUT2D eigenvalue weighted by Gasteiger charge is -2.11. The number of amides is 1. The second-order valence-corrected chi connectivity index (χ2v) is 6.21. The summed E-state index contributed by atoms with van der Waals surface area (Å²) in [5.41, 5.74) is 3.76. The van der Waals surface area contributed by atoms with Gasteiger partial charge in [0.2, 0.25) is 0 Å². The van der Waals surface area contributed by atoms with E-state index < -0.39 is 0 Å². The molecule has 1 N–H and O–H groups in total. The maximum Gasteiger partial charge on any atom is 0.257 e. The number of aromatic nitrogens is 1. The number of nitrogens with zero attached hydrogens (tertiary/aromatic N) is 1. The number of ether oxygens (including phenoxy) is 2. The van der Waals surface area contributed by atoms with Gasteiger partial charge in [-0.15, -0.1) is 0 Å². The molecule has 3 rings (SSSR count). The fourth-order valence-electron chi connectivity index (χ4n) is 2.68. The lowest BCUT2D eigenvalue weighted by Crippen LogP contribution is -2.14. The van der Waals surface area contributed by atoms with Crippen LogP contribution in [0.2, 0.25) is 0 Å². The van der Waals surface area contributed by atoms with E-state index in [1.165, 1.54) is 0 Å². The maximum absolute atomic E-state index is 12.5. The van der Waals surface area contributed by atoms with Gasteiger partial charge in [-0.05, 0) is 61.9 Å². The molecule has 0 unspecified atom stereocenters. The molecule has 1 heterocycles. The Morgan fingerprint density at radius 1 is 1.00 bits per heavy atom. The van der Waals surface area contributed by atoms with Crippen molar-refractivity contribution in [2.24, 2.45) is 0 Å². The Bertz CT molecular complexity index is 937. The summed E-state index contributed by atoms with van der Waals surface area (Å²) in [5.74, 6) is 1.33. The molecule has 0 fully saturated rings. The third-order valence-electron chi connectivity index (χ3n) is 4.11. The maximum atomic E-state index is 12.5. The van der Waals surface area contributed by atoms with Crippen molar-refractivity contribution < 1.29 is 14.3 Å². The van der Waals surface area contributed by atoms with Crippen LogP contribution in [-0.2, 0) is 11.3 Å². The van der Waals surface area contributed by atoms with Gasteiger partial charge in [0, 0.05) is 12.8 Å². The number of hydrogen-bond donors (Lipinski definition) is 1. The quantitative estimate of drug-likeness (QED) is 0.678. The summed E-state index contributed by atoms with van der Waals surface area (Å²) in [6, 6.07) is 18.7. The molecule has 0 spiro atoms. The lowest BCUT2D eigenvalue weighted by molar-refractivity contribution is 0.102. The highest BCUT2D eigenvalue weighted by Crippen LogP contribution is 2.25. The molecule has 1 aromatic heterocycles. The third kappa shape index (κ3) is 4.71. The topological polar surface area (TPSA) is 60.5 Å². The molecule has 27 heavy (non-hydrogen) atoms. The number of benzene rings is 2. The molecule has 0 atom stereocenters. The predicted molar refractivity (Wildman–Crippen MR) is 105 cm³/mol. The number of rotatable bonds is 6. The fraction of sp³-hybridized carbons (Fsp3) is 0.182. The van der Waals surface area contributed by atoms with Gasteiger partial charge < -0.3 is 14.8 Å². The van der Waals surface area contributed by atoms with Crippen LogP contribution in [0.25, 0.3) is 0 Å². The van der Waals surface area contributed by atoms with Crippen LogP contribution in [0.5, 0.6) is 11.5 Å². The van der Waals surface area contributed by atoms with E-state index in [0.29, 0.717) is 29.3 Å². The van der Waals surface area contributed by atoms with Crippen molar-refractivity contribution >= 4 is 11.6 Å². The molecule has 0 aliphatic rings. The van der Waals surface area contributed by atoms with Gasteiger partial charge in [-0.1, -0.05) is 18.2 Å². The highest BCUT2D eigenvalue weighted by Gasteiger charge is 2.11. The summed E-state index contributed by atoms with van der Waals surface area (Å²) in [4.78, 5) is 16.9. The van der Waals surface area contributed by atoms with Crippen LogP contribution in [0.3, 0.4) is 0 Å². The van der Waals surface area contributed by atoms with E-state index in [2.05, 4.69) is 10.3 Å². The van der Waals surface area contributed by atoms with Gasteiger partial charge in [0.05, 0.1) is 23.6 Å². The van der Waals surface area contributed by atoms with Gasteiger partial charge >= 0.3 is 0 Å². The Labute approximate surface area is 159 Å². The SMILES string of the molecule is COCc1ccc(C(=O)Nc2ccc(Oc3ccccc3C)cc2)c(C)n1. The van der Waals surface area contributed by atoms with Crippen LogP contribution in [0.4, 0.5) is 5.69 Å². The molecule has 0 saturated heterocycles. The zero-order valence-electron chi connectivity index (χ0n) is 15.7. The summed E-state index contributed by atoms with van der Waals surface area (Å²) in [6.45, 7) is 4.23. The van der Waals surface area contributed by atoms with Crippen LogP contribution >= 0.6 is 0 Å². The monoisotopic (exact) mass is 362 g/mol. The molecule has 5 heteroatoms. The number of aryl methyl sites for hydroxylation is 2. The lowest BCUT2D eigenvalue weighted by atomic mass is 10.1. The molecule has 2 aromatic carbocycles. The van der Waals surface area contributed by atoms with E-state index in [1.54, 1.807) is 19.2 Å². The predicted octanol–water partition coefficient (Wildman–Crippen LogP) is 4.89. The van der Waals surface area contributed by atoms with Gasteiger partial charge in [0.1, 0.15) is 11.5 Å². The molecule has 5 nitrogen and oxygen atoms in total. The first-order valence-electron chi connectivity index (χ1n) is 8.67. The minimum absolute atomic E-state index is 0.198. The number of pyridine rings is 1. The van der Waals surface area contributed by atoms with Gasteiger partial charge in [0.15, 0.2) is 0 Å². The Morgan fingerprint density at radius 2 is 1.74 bits per heavy atom. The molecular weight excluding hydrogens is 340 g/mol. The summed E-state index contributed by atoms with van der Waals surface area (Å²) < 4.78 is 10.9. The van der Waals surface area contributed by atoms with Crippen LogP contribution in [0.1, 0.15) is 27.3 Å². The molecule has 0 bridgehead atoms. The fourth-order valence-corrected chi connectivity index (χ4v) is 2.68. The van der Waals surface area contributed by atoms with Gasteiger partial charge in [-0.25, -0.2) is 0 Å². The minimum atomic E-state index is -0.198. The first kappa shape index (κ1) is 18.6. The standard InChI is InChI=1S/C22H22N2O3/c1-15-6-4-5-7-21(15)27-19-11-8-17(9-12-19)24-22(25)20-13-10-18(14-26-3)23-16(20)2/h4-13H,14H2,1-3H3,(H,24,25). The zero-order chi connectivity index (χ0) is 19.2. The van der Waals surface area contributed by atoms with E-state index in [-0.39, 0.29) is 5.91 Å². The van der Waals surface area contributed by atoms with Crippen molar-refractivity contribution in [2.45, 2.75) is 20.5 Å². The average molecular weight is 362 g/mol. The first-order chi connectivity index (χ1) is 13.1. The Morgan fingerprint density at radius 3 is 2.41 bits per heavy atom. The van der Waals surface area contributed by atoms with Gasteiger partial charge in [-0.2, -0.15) is 0 Å². The third-order valence-corrected chi connectivity index (χ3v) is 4.11. The van der Waals surface area contributed by atoms with Gasteiger partial charge in [0.25, 0.3) is 5.91 Å². The number of nitrogens with one attached hydrogen (secondary N) is 1. The summed E-state index contributed by atoms with van der Waals surface area (Å²) >= 11 is 0. The molecule has 1 amide bonds. The van der Waals surface area contributed by atoms with E-state index in [4.69, 9.17) is 9.47 Å². The number of methoxy groups -OCH3 is 1. The summed E-state index contributed by atoms with van der Waals surface area (Å²) in [7, 11) is 1.62. The molecule has 0 radical (unpaired) electrons. The minimum Gasteiger partial charge on any atom is -0.457 e. The highest BCUT2D eigenvalue weighted by molar-refractivity contribution is 6.05.